The molecule has 0 aromatic heterocycles. The first kappa shape index (κ1) is 14.2. The van der Waals surface area contributed by atoms with E-state index in [0.29, 0.717) is 5.92 Å². The van der Waals surface area contributed by atoms with Crippen molar-refractivity contribution in [1.29, 1.82) is 0 Å². The molecule has 3 N–H and O–H groups in total. The predicted molar refractivity (Wildman–Crippen MR) is 68.6 cm³/mol. The van der Waals surface area contributed by atoms with Gasteiger partial charge in [0.15, 0.2) is 0 Å². The highest BCUT2D eigenvalue weighted by Crippen LogP contribution is 2.13. The summed E-state index contributed by atoms with van der Waals surface area (Å²) in [6.45, 7) is 15.3. The molecule has 0 spiro atoms. The summed E-state index contributed by atoms with van der Waals surface area (Å²) in [4.78, 5) is 0. The van der Waals surface area contributed by atoms with Crippen LogP contribution in [0.3, 0.4) is 0 Å². The maximum atomic E-state index is 6.02. The average Bonchev–Trinajstić information content (AvgIpc) is 2.22. The molecule has 0 aliphatic heterocycles. The van der Waals surface area contributed by atoms with E-state index in [1.807, 2.05) is 0 Å². The van der Waals surface area contributed by atoms with Gasteiger partial charge in [0.2, 0.25) is 0 Å². The Hall–Kier alpha value is -0.760. The summed E-state index contributed by atoms with van der Waals surface area (Å²) in [5.74, 6) is 0.485. The van der Waals surface area contributed by atoms with Crippen molar-refractivity contribution < 1.29 is 0 Å². The van der Waals surface area contributed by atoms with Gasteiger partial charge in [-0.2, -0.15) is 0 Å². The molecule has 0 saturated heterocycles. The summed E-state index contributed by atoms with van der Waals surface area (Å²) < 4.78 is 0. The van der Waals surface area contributed by atoms with E-state index in [1.54, 1.807) is 0 Å². The van der Waals surface area contributed by atoms with Gasteiger partial charge in [0.1, 0.15) is 0 Å². The van der Waals surface area contributed by atoms with Crippen LogP contribution in [0.2, 0.25) is 0 Å². The smallest absolute Gasteiger partial charge is 0.0254 e. The number of rotatable bonds is 8. The van der Waals surface area contributed by atoms with Crippen LogP contribution >= 0.6 is 0 Å². The summed E-state index contributed by atoms with van der Waals surface area (Å²) in [5.41, 5.74) is 8.28. The predicted octanol–water partition coefficient (Wildman–Crippen LogP) is 2.82. The second kappa shape index (κ2) is 7.52. The van der Waals surface area contributed by atoms with Gasteiger partial charge in [0.25, 0.3) is 0 Å². The van der Waals surface area contributed by atoms with E-state index in [-0.39, 0.29) is 6.04 Å². The van der Waals surface area contributed by atoms with E-state index in [4.69, 9.17) is 5.73 Å². The first-order valence-corrected chi connectivity index (χ1v) is 5.84. The topological polar surface area (TPSA) is 38.0 Å². The van der Waals surface area contributed by atoms with Crippen molar-refractivity contribution in [2.24, 2.45) is 11.7 Å². The molecule has 0 rings (SSSR count). The molecule has 0 heterocycles. The molecule has 2 nitrogen and oxygen atoms in total. The highest BCUT2D eigenvalue weighted by molar-refractivity contribution is 5.06. The van der Waals surface area contributed by atoms with Crippen molar-refractivity contribution in [3.8, 4) is 0 Å². The average molecular weight is 210 g/mol. The molecule has 1 unspecified atom stereocenters. The Morgan fingerprint density at radius 1 is 1.33 bits per heavy atom. The third kappa shape index (κ3) is 6.34. The molecule has 0 radical (unpaired) electrons. The first-order chi connectivity index (χ1) is 6.99. The summed E-state index contributed by atoms with van der Waals surface area (Å²) in [5, 5.41) is 3.28. The molecular weight excluding hydrogens is 184 g/mol. The van der Waals surface area contributed by atoms with Gasteiger partial charge < -0.3 is 11.1 Å². The van der Waals surface area contributed by atoms with Crippen LogP contribution < -0.4 is 11.1 Å². The molecule has 15 heavy (non-hydrogen) atoms. The van der Waals surface area contributed by atoms with Crippen LogP contribution in [0.5, 0.6) is 0 Å². The van der Waals surface area contributed by atoms with Gasteiger partial charge in [-0.1, -0.05) is 39.5 Å². The Morgan fingerprint density at radius 3 is 2.40 bits per heavy atom. The van der Waals surface area contributed by atoms with E-state index in [2.05, 4.69) is 39.2 Å². The molecule has 0 aromatic carbocycles. The van der Waals surface area contributed by atoms with Gasteiger partial charge in [-0.15, -0.1) is 0 Å². The standard InChI is InChI=1S/C13H26N2/c1-6-11(4)15-9-7-8-13(14)12(5)10(2)3/h10,13,15H,4-9,14H2,1-3H3. The summed E-state index contributed by atoms with van der Waals surface area (Å²) >= 11 is 0. The fraction of sp³-hybridized carbons (Fsp3) is 0.692. The fourth-order valence-corrected chi connectivity index (χ4v) is 1.33. The van der Waals surface area contributed by atoms with Gasteiger partial charge in [-0.25, -0.2) is 0 Å². The lowest BCUT2D eigenvalue weighted by molar-refractivity contribution is 0.570. The lowest BCUT2D eigenvalue weighted by Crippen LogP contribution is -2.26. The third-order valence-corrected chi connectivity index (χ3v) is 2.71. The monoisotopic (exact) mass is 210 g/mol. The molecule has 0 fully saturated rings. The molecule has 0 saturated carbocycles. The number of allylic oxidation sites excluding steroid dienone is 1. The van der Waals surface area contributed by atoms with E-state index in [9.17, 15) is 0 Å². The number of nitrogens with two attached hydrogens (primary N) is 1. The Bertz CT molecular complexity index is 207. The first-order valence-electron chi connectivity index (χ1n) is 5.84. The van der Waals surface area contributed by atoms with Crippen LogP contribution in [0.1, 0.15) is 40.0 Å². The zero-order chi connectivity index (χ0) is 11.8. The molecule has 0 amide bonds. The van der Waals surface area contributed by atoms with Gasteiger partial charge in [-0.05, 0) is 25.2 Å². The van der Waals surface area contributed by atoms with Crippen LogP contribution in [0.15, 0.2) is 24.4 Å². The molecule has 0 aromatic rings. The second-order valence-electron chi connectivity index (χ2n) is 4.36. The second-order valence-corrected chi connectivity index (χ2v) is 4.36. The zero-order valence-corrected chi connectivity index (χ0v) is 10.5. The summed E-state index contributed by atoms with van der Waals surface area (Å²) in [6, 6.07) is 0.140. The Balaban J connectivity index is 3.59. The van der Waals surface area contributed by atoms with Crippen molar-refractivity contribution in [3.05, 3.63) is 24.4 Å². The highest BCUT2D eigenvalue weighted by Gasteiger charge is 2.09. The Morgan fingerprint density at radius 2 is 1.93 bits per heavy atom. The number of hydrogen-bond donors (Lipinski definition) is 2. The number of nitrogens with one attached hydrogen (secondary N) is 1. The van der Waals surface area contributed by atoms with E-state index < -0.39 is 0 Å². The minimum atomic E-state index is 0.140. The van der Waals surface area contributed by atoms with E-state index in [0.717, 1.165) is 37.1 Å². The van der Waals surface area contributed by atoms with Crippen LogP contribution in [0.25, 0.3) is 0 Å². The lowest BCUT2D eigenvalue weighted by Gasteiger charge is -2.18. The van der Waals surface area contributed by atoms with Gasteiger partial charge >= 0.3 is 0 Å². The van der Waals surface area contributed by atoms with Gasteiger partial charge in [0, 0.05) is 18.3 Å². The van der Waals surface area contributed by atoms with Crippen LogP contribution in [0, 0.1) is 5.92 Å². The van der Waals surface area contributed by atoms with Crippen molar-refractivity contribution >= 4 is 0 Å². The third-order valence-electron chi connectivity index (χ3n) is 2.71. The van der Waals surface area contributed by atoms with Crippen LogP contribution in [0.4, 0.5) is 0 Å². The van der Waals surface area contributed by atoms with Gasteiger partial charge in [0.05, 0.1) is 0 Å². The van der Waals surface area contributed by atoms with Crippen molar-refractivity contribution in [2.45, 2.75) is 46.1 Å². The molecule has 0 aliphatic rings. The van der Waals surface area contributed by atoms with Crippen molar-refractivity contribution in [1.82, 2.24) is 5.32 Å². The largest absolute Gasteiger partial charge is 0.389 e. The van der Waals surface area contributed by atoms with E-state index >= 15 is 0 Å². The SMILES string of the molecule is C=C(CC)NCCCC(N)C(=C)C(C)C. The minimum Gasteiger partial charge on any atom is -0.389 e. The summed E-state index contributed by atoms with van der Waals surface area (Å²) in [7, 11) is 0. The maximum Gasteiger partial charge on any atom is 0.0254 e. The zero-order valence-electron chi connectivity index (χ0n) is 10.5. The van der Waals surface area contributed by atoms with Crippen molar-refractivity contribution in [2.75, 3.05) is 6.54 Å². The Kier molecular flexibility index (Phi) is 7.14. The highest BCUT2D eigenvalue weighted by atomic mass is 14.9. The van der Waals surface area contributed by atoms with Crippen LogP contribution in [-0.2, 0) is 0 Å². The molecule has 2 heteroatoms. The maximum absolute atomic E-state index is 6.02. The minimum absolute atomic E-state index is 0.140. The Labute approximate surface area is 94.6 Å². The molecule has 0 bridgehead atoms. The van der Waals surface area contributed by atoms with E-state index in [1.165, 1.54) is 0 Å². The molecule has 0 aliphatic carbocycles. The quantitative estimate of drug-likeness (QED) is 0.477. The summed E-state index contributed by atoms with van der Waals surface area (Å²) in [6.07, 6.45) is 3.07. The number of hydrogen-bond acceptors (Lipinski definition) is 2. The van der Waals surface area contributed by atoms with Crippen LogP contribution in [-0.4, -0.2) is 12.6 Å². The van der Waals surface area contributed by atoms with Gasteiger partial charge in [-0.3, -0.25) is 0 Å². The molecular formula is C13H26N2. The van der Waals surface area contributed by atoms with Crippen molar-refractivity contribution in [3.63, 3.8) is 0 Å². The molecule has 88 valence electrons. The normalized spacial score (nSPS) is 12.6. The lowest BCUT2D eigenvalue weighted by atomic mass is 9.95. The fourth-order valence-electron chi connectivity index (χ4n) is 1.33. The molecule has 1 atom stereocenters.